The second-order valence-corrected chi connectivity index (χ2v) is 7.16. The Kier molecular flexibility index (Phi) is 6.31. The Labute approximate surface area is 167 Å². The lowest BCUT2D eigenvalue weighted by atomic mass is 10.1. The number of halogens is 2. The van der Waals surface area contributed by atoms with Gasteiger partial charge in [0.15, 0.2) is 0 Å². The molecule has 0 aromatic heterocycles. The Hall–Kier alpha value is -3.16. The van der Waals surface area contributed by atoms with Crippen molar-refractivity contribution in [3.8, 4) is 0 Å². The van der Waals surface area contributed by atoms with Crippen molar-refractivity contribution in [1.82, 2.24) is 9.80 Å². The van der Waals surface area contributed by atoms with Crippen molar-refractivity contribution in [1.29, 1.82) is 0 Å². The molecule has 0 saturated carbocycles. The predicted molar refractivity (Wildman–Crippen MR) is 107 cm³/mol. The van der Waals surface area contributed by atoms with Crippen LogP contribution in [0.15, 0.2) is 41.5 Å². The molecule has 2 aromatic carbocycles. The smallest absolute Gasteiger partial charge is 0.253 e. The number of azide groups is 1. The largest absolute Gasteiger partial charge is 0.363 e. The average Bonchev–Trinajstić information content (AvgIpc) is 2.67. The maximum absolute atomic E-state index is 14.3. The molecule has 152 valence electrons. The molecule has 0 unspecified atom stereocenters. The summed E-state index contributed by atoms with van der Waals surface area (Å²) in [5.41, 5.74) is 9.79. The molecular formula is C20H22F2N6O. The van der Waals surface area contributed by atoms with E-state index >= 15 is 0 Å². The molecule has 1 heterocycles. The first kappa shape index (κ1) is 20.6. The highest BCUT2D eigenvalue weighted by Crippen LogP contribution is 2.29. The van der Waals surface area contributed by atoms with Crippen LogP contribution in [0, 0.1) is 11.6 Å². The minimum Gasteiger partial charge on any atom is -0.363 e. The topological polar surface area (TPSA) is 75.6 Å². The molecule has 9 heteroatoms. The molecule has 0 radical (unpaired) electrons. The monoisotopic (exact) mass is 400 g/mol. The van der Waals surface area contributed by atoms with Gasteiger partial charge in [0.05, 0.1) is 0 Å². The lowest BCUT2D eigenvalue weighted by Gasteiger charge is -2.36. The molecule has 0 aliphatic carbocycles. The fraction of sp³-hybridized carbons (Fsp3) is 0.350. The molecule has 3 rings (SSSR count). The van der Waals surface area contributed by atoms with Gasteiger partial charge in [-0.3, -0.25) is 4.79 Å². The molecule has 1 aliphatic heterocycles. The minimum atomic E-state index is -0.788. The zero-order chi connectivity index (χ0) is 21.0. The Morgan fingerprint density at radius 3 is 2.38 bits per heavy atom. The van der Waals surface area contributed by atoms with Gasteiger partial charge in [0, 0.05) is 48.9 Å². The summed E-state index contributed by atoms with van der Waals surface area (Å²) in [6, 6.07) is 9.50. The van der Waals surface area contributed by atoms with Crippen molar-refractivity contribution in [3.05, 3.63) is 69.6 Å². The van der Waals surface area contributed by atoms with Crippen LogP contribution in [0.5, 0.6) is 0 Å². The minimum absolute atomic E-state index is 0.0927. The SMILES string of the molecule is CN(C)Cc1cccc(C(=O)N2CCN(c3c(F)cc(N=[N+]=[N-])cc3F)CC2)c1. The molecule has 2 aromatic rings. The van der Waals surface area contributed by atoms with Crippen LogP contribution >= 0.6 is 0 Å². The Bertz CT molecular complexity index is 927. The van der Waals surface area contributed by atoms with Crippen LogP contribution < -0.4 is 4.90 Å². The second kappa shape index (κ2) is 8.89. The molecule has 0 N–H and O–H groups in total. The van der Waals surface area contributed by atoms with E-state index in [1.54, 1.807) is 15.9 Å². The maximum atomic E-state index is 14.3. The molecular weight excluding hydrogens is 378 g/mol. The number of carbonyl (C=O) groups is 1. The molecule has 1 saturated heterocycles. The predicted octanol–water partition coefficient (Wildman–Crippen LogP) is 3.93. The molecule has 1 aliphatic rings. The number of anilines is 1. The van der Waals surface area contributed by atoms with Gasteiger partial charge in [0.1, 0.15) is 17.3 Å². The van der Waals surface area contributed by atoms with Crippen molar-refractivity contribution in [2.45, 2.75) is 6.54 Å². The van der Waals surface area contributed by atoms with Crippen molar-refractivity contribution in [3.63, 3.8) is 0 Å². The van der Waals surface area contributed by atoms with E-state index in [1.807, 2.05) is 37.2 Å². The van der Waals surface area contributed by atoms with Gasteiger partial charge < -0.3 is 14.7 Å². The van der Waals surface area contributed by atoms with Crippen molar-refractivity contribution in [2.24, 2.45) is 5.11 Å². The standard InChI is InChI=1S/C20H22F2N6O/c1-26(2)13-14-4-3-5-15(10-14)20(29)28-8-6-27(7-9-28)19-17(21)11-16(24-25-23)12-18(19)22/h3-5,10-12H,6-9,13H2,1-2H3. The average molecular weight is 400 g/mol. The summed E-state index contributed by atoms with van der Waals surface area (Å²) >= 11 is 0. The van der Waals surface area contributed by atoms with Crippen molar-refractivity contribution < 1.29 is 13.6 Å². The van der Waals surface area contributed by atoms with Crippen LogP contribution in [0.1, 0.15) is 15.9 Å². The van der Waals surface area contributed by atoms with Gasteiger partial charge in [0.2, 0.25) is 0 Å². The quantitative estimate of drug-likeness (QED) is 0.434. The van der Waals surface area contributed by atoms with Crippen molar-refractivity contribution >= 4 is 17.3 Å². The van der Waals surface area contributed by atoms with E-state index in [1.165, 1.54) is 0 Å². The summed E-state index contributed by atoms with van der Waals surface area (Å²) in [6.45, 7) is 2.05. The Balaban J connectivity index is 1.69. The third kappa shape index (κ3) is 4.82. The van der Waals surface area contributed by atoms with Crippen LogP contribution in [0.3, 0.4) is 0 Å². The Morgan fingerprint density at radius 2 is 1.79 bits per heavy atom. The number of hydrogen-bond donors (Lipinski definition) is 0. The number of hydrogen-bond acceptors (Lipinski definition) is 4. The maximum Gasteiger partial charge on any atom is 0.253 e. The van der Waals surface area contributed by atoms with Crippen LogP contribution in [-0.4, -0.2) is 56.0 Å². The molecule has 1 amide bonds. The van der Waals surface area contributed by atoms with Gasteiger partial charge in [-0.15, -0.1) is 0 Å². The first-order valence-electron chi connectivity index (χ1n) is 9.21. The summed E-state index contributed by atoms with van der Waals surface area (Å²) in [7, 11) is 3.93. The van der Waals surface area contributed by atoms with Gasteiger partial charge in [-0.25, -0.2) is 8.78 Å². The molecule has 0 spiro atoms. The van der Waals surface area contributed by atoms with Gasteiger partial charge >= 0.3 is 0 Å². The Morgan fingerprint density at radius 1 is 1.14 bits per heavy atom. The second-order valence-electron chi connectivity index (χ2n) is 7.16. The number of benzene rings is 2. The van der Waals surface area contributed by atoms with Crippen LogP contribution in [-0.2, 0) is 6.54 Å². The van der Waals surface area contributed by atoms with Gasteiger partial charge in [-0.2, -0.15) is 0 Å². The third-order valence-corrected chi connectivity index (χ3v) is 4.72. The third-order valence-electron chi connectivity index (χ3n) is 4.72. The molecule has 1 fully saturated rings. The van der Waals surface area contributed by atoms with Gasteiger partial charge in [-0.05, 0) is 49.5 Å². The zero-order valence-electron chi connectivity index (χ0n) is 16.3. The first-order valence-corrected chi connectivity index (χ1v) is 9.21. The summed E-state index contributed by atoms with van der Waals surface area (Å²) in [4.78, 5) is 20.7. The normalized spacial score (nSPS) is 14.1. The fourth-order valence-electron chi connectivity index (χ4n) is 3.45. The van der Waals surface area contributed by atoms with E-state index in [2.05, 4.69) is 10.0 Å². The highest BCUT2D eigenvalue weighted by Gasteiger charge is 2.26. The van der Waals surface area contributed by atoms with Gasteiger partial charge in [-0.1, -0.05) is 17.2 Å². The number of piperazine rings is 1. The summed E-state index contributed by atoms with van der Waals surface area (Å²) < 4.78 is 28.7. The highest BCUT2D eigenvalue weighted by molar-refractivity contribution is 5.94. The number of nitrogens with zero attached hydrogens (tertiary/aromatic N) is 6. The highest BCUT2D eigenvalue weighted by atomic mass is 19.1. The van der Waals surface area contributed by atoms with Crippen LogP contribution in [0.4, 0.5) is 20.2 Å². The first-order chi connectivity index (χ1) is 13.9. The summed E-state index contributed by atoms with van der Waals surface area (Å²) in [5.74, 6) is -1.67. The van der Waals surface area contributed by atoms with Gasteiger partial charge in [0.25, 0.3) is 5.91 Å². The van der Waals surface area contributed by atoms with E-state index in [4.69, 9.17) is 5.53 Å². The van der Waals surface area contributed by atoms with E-state index in [0.717, 1.165) is 24.2 Å². The number of amides is 1. The lowest BCUT2D eigenvalue weighted by Crippen LogP contribution is -2.49. The van der Waals surface area contributed by atoms with E-state index < -0.39 is 11.6 Å². The van der Waals surface area contributed by atoms with Crippen LogP contribution in [0.2, 0.25) is 0 Å². The van der Waals surface area contributed by atoms with E-state index in [0.29, 0.717) is 31.7 Å². The lowest BCUT2D eigenvalue weighted by molar-refractivity contribution is 0.0746. The summed E-state index contributed by atoms with van der Waals surface area (Å²) in [5, 5.41) is 3.23. The zero-order valence-corrected chi connectivity index (χ0v) is 16.3. The van der Waals surface area contributed by atoms with E-state index in [-0.39, 0.29) is 17.3 Å². The van der Waals surface area contributed by atoms with Crippen molar-refractivity contribution in [2.75, 3.05) is 45.2 Å². The number of carbonyl (C=O) groups excluding carboxylic acids is 1. The van der Waals surface area contributed by atoms with E-state index in [9.17, 15) is 13.6 Å². The molecule has 29 heavy (non-hydrogen) atoms. The van der Waals surface area contributed by atoms with Crippen LogP contribution in [0.25, 0.3) is 10.4 Å². The molecule has 0 bridgehead atoms. The molecule has 7 nitrogen and oxygen atoms in total. The summed E-state index contributed by atoms with van der Waals surface area (Å²) in [6.07, 6.45) is 0. The number of rotatable bonds is 5. The fourth-order valence-corrected chi connectivity index (χ4v) is 3.45. The molecule has 0 atom stereocenters.